The Morgan fingerprint density at radius 1 is 1.52 bits per heavy atom. The third-order valence-electron chi connectivity index (χ3n) is 4.03. The van der Waals surface area contributed by atoms with Gasteiger partial charge in [-0.3, -0.25) is 14.9 Å². The van der Waals surface area contributed by atoms with Gasteiger partial charge in [0.1, 0.15) is 5.69 Å². The predicted molar refractivity (Wildman–Crippen MR) is 77.1 cm³/mol. The van der Waals surface area contributed by atoms with Gasteiger partial charge in [0.2, 0.25) is 0 Å². The van der Waals surface area contributed by atoms with Crippen LogP contribution < -0.4 is 5.32 Å². The minimum atomic E-state index is -0.576. The third-order valence-corrected chi connectivity index (χ3v) is 4.03. The van der Waals surface area contributed by atoms with Crippen LogP contribution in [0.4, 0.5) is 5.69 Å². The summed E-state index contributed by atoms with van der Waals surface area (Å²) in [5.74, 6) is -0.354. The van der Waals surface area contributed by atoms with E-state index in [1.54, 1.807) is 4.57 Å². The maximum absolute atomic E-state index is 12.4. The van der Waals surface area contributed by atoms with Gasteiger partial charge < -0.3 is 15.0 Å². The Kier molecular flexibility index (Phi) is 4.62. The highest BCUT2D eigenvalue weighted by molar-refractivity contribution is 5.94. The van der Waals surface area contributed by atoms with E-state index in [-0.39, 0.29) is 23.9 Å². The highest BCUT2D eigenvalue weighted by atomic mass is 16.6. The normalized spacial score (nSPS) is 16.9. The standard InChI is InChI=1S/C14H21N3O4/c1-2-7-16-9-11(17(20)21)8-12(16)13(19)15-14(10-18)5-3-4-6-14/h8-9,18H,2-7,10H2,1H3,(H,15,19). The molecule has 0 aromatic carbocycles. The van der Waals surface area contributed by atoms with Crippen LogP contribution in [0.15, 0.2) is 12.3 Å². The number of aliphatic hydroxyl groups excluding tert-OH is 1. The summed E-state index contributed by atoms with van der Waals surface area (Å²) < 4.78 is 1.60. The summed E-state index contributed by atoms with van der Waals surface area (Å²) in [5, 5.41) is 23.3. The van der Waals surface area contributed by atoms with Gasteiger partial charge in [0.05, 0.1) is 23.3 Å². The Morgan fingerprint density at radius 2 is 2.19 bits per heavy atom. The highest BCUT2D eigenvalue weighted by Crippen LogP contribution is 2.29. The van der Waals surface area contributed by atoms with E-state index in [0.29, 0.717) is 6.54 Å². The molecule has 1 amide bonds. The van der Waals surface area contributed by atoms with Crippen molar-refractivity contribution in [3.63, 3.8) is 0 Å². The van der Waals surface area contributed by atoms with Gasteiger partial charge >= 0.3 is 0 Å². The maximum Gasteiger partial charge on any atom is 0.287 e. The molecule has 0 atom stereocenters. The fourth-order valence-corrected chi connectivity index (χ4v) is 2.89. The first-order valence-electron chi connectivity index (χ1n) is 7.29. The van der Waals surface area contributed by atoms with Crippen LogP contribution in [0.1, 0.15) is 49.5 Å². The number of nitro groups is 1. The molecule has 116 valence electrons. The minimum absolute atomic E-state index is 0.0851. The molecule has 1 fully saturated rings. The molecule has 1 aliphatic carbocycles. The van der Waals surface area contributed by atoms with E-state index in [2.05, 4.69) is 5.32 Å². The number of amides is 1. The second-order valence-corrected chi connectivity index (χ2v) is 5.63. The van der Waals surface area contributed by atoms with Crippen molar-refractivity contribution >= 4 is 11.6 Å². The SMILES string of the molecule is CCCn1cc([N+](=O)[O-])cc1C(=O)NC1(CO)CCCC1. The number of carbonyl (C=O) groups is 1. The van der Waals surface area contributed by atoms with E-state index in [1.165, 1.54) is 12.3 Å². The molecule has 0 radical (unpaired) electrons. The second-order valence-electron chi connectivity index (χ2n) is 5.63. The summed E-state index contributed by atoms with van der Waals surface area (Å²) in [6, 6.07) is 1.30. The van der Waals surface area contributed by atoms with E-state index in [9.17, 15) is 20.0 Å². The first-order chi connectivity index (χ1) is 10.0. The Balaban J connectivity index is 2.23. The molecule has 2 N–H and O–H groups in total. The highest BCUT2D eigenvalue weighted by Gasteiger charge is 2.35. The molecule has 2 rings (SSSR count). The number of carbonyl (C=O) groups excluding carboxylic acids is 1. The van der Waals surface area contributed by atoms with Crippen molar-refractivity contribution in [2.45, 2.75) is 51.1 Å². The van der Waals surface area contributed by atoms with Crippen molar-refractivity contribution in [2.24, 2.45) is 0 Å². The molecule has 0 saturated heterocycles. The number of aryl methyl sites for hydroxylation is 1. The van der Waals surface area contributed by atoms with Crippen molar-refractivity contribution in [1.82, 2.24) is 9.88 Å². The number of aliphatic hydroxyl groups is 1. The number of nitrogens with one attached hydrogen (secondary N) is 1. The van der Waals surface area contributed by atoms with E-state index < -0.39 is 10.5 Å². The van der Waals surface area contributed by atoms with Crippen molar-refractivity contribution in [2.75, 3.05) is 6.61 Å². The maximum atomic E-state index is 12.4. The molecular formula is C14H21N3O4. The Bertz CT molecular complexity index is 532. The van der Waals surface area contributed by atoms with Gasteiger partial charge in [0.15, 0.2) is 0 Å². The zero-order valence-electron chi connectivity index (χ0n) is 12.2. The van der Waals surface area contributed by atoms with Crippen LogP contribution in [0.2, 0.25) is 0 Å². The van der Waals surface area contributed by atoms with Crippen molar-refractivity contribution < 1.29 is 14.8 Å². The molecule has 1 aromatic heterocycles. The lowest BCUT2D eigenvalue weighted by molar-refractivity contribution is -0.384. The lowest BCUT2D eigenvalue weighted by Gasteiger charge is -2.28. The molecule has 1 aliphatic rings. The summed E-state index contributed by atoms with van der Waals surface area (Å²) in [6.07, 6.45) is 5.58. The number of rotatable bonds is 6. The van der Waals surface area contributed by atoms with Crippen molar-refractivity contribution in [1.29, 1.82) is 0 Å². The van der Waals surface area contributed by atoms with Crippen LogP contribution in [-0.2, 0) is 6.54 Å². The zero-order chi connectivity index (χ0) is 15.5. The molecule has 7 nitrogen and oxygen atoms in total. The molecule has 0 spiro atoms. The summed E-state index contributed by atoms with van der Waals surface area (Å²) in [6.45, 7) is 2.39. The monoisotopic (exact) mass is 295 g/mol. The van der Waals surface area contributed by atoms with E-state index in [0.717, 1.165) is 32.1 Å². The number of nitrogens with zero attached hydrogens (tertiary/aromatic N) is 2. The van der Waals surface area contributed by atoms with Crippen LogP contribution >= 0.6 is 0 Å². The van der Waals surface area contributed by atoms with Gasteiger partial charge in [-0.25, -0.2) is 0 Å². The number of hydrogen-bond donors (Lipinski definition) is 2. The summed E-state index contributed by atoms with van der Waals surface area (Å²) in [5.41, 5.74) is -0.381. The van der Waals surface area contributed by atoms with E-state index in [4.69, 9.17) is 0 Å². The minimum Gasteiger partial charge on any atom is -0.394 e. The molecule has 1 saturated carbocycles. The average molecular weight is 295 g/mol. The molecule has 1 heterocycles. The molecule has 0 aliphatic heterocycles. The van der Waals surface area contributed by atoms with Crippen molar-refractivity contribution in [3.05, 3.63) is 28.1 Å². The summed E-state index contributed by atoms with van der Waals surface area (Å²) in [4.78, 5) is 22.8. The number of aromatic nitrogens is 1. The Hall–Kier alpha value is -1.89. The first-order valence-corrected chi connectivity index (χ1v) is 7.29. The van der Waals surface area contributed by atoms with Crippen LogP contribution in [0, 0.1) is 10.1 Å². The topological polar surface area (TPSA) is 97.4 Å². The molecule has 21 heavy (non-hydrogen) atoms. The lowest BCUT2D eigenvalue weighted by atomic mass is 9.99. The number of hydrogen-bond acceptors (Lipinski definition) is 4. The smallest absolute Gasteiger partial charge is 0.287 e. The van der Waals surface area contributed by atoms with E-state index >= 15 is 0 Å². The van der Waals surface area contributed by atoms with Crippen molar-refractivity contribution in [3.8, 4) is 0 Å². The van der Waals surface area contributed by atoms with Gasteiger partial charge in [-0.05, 0) is 19.3 Å². The molecule has 0 bridgehead atoms. The van der Waals surface area contributed by atoms with Gasteiger partial charge in [0.25, 0.3) is 11.6 Å². The Labute approximate surface area is 123 Å². The Morgan fingerprint density at radius 3 is 2.71 bits per heavy atom. The fraction of sp³-hybridized carbons (Fsp3) is 0.643. The first kappa shape index (κ1) is 15.5. The predicted octanol–water partition coefficient (Wildman–Crippen LogP) is 1.84. The van der Waals surface area contributed by atoms with E-state index in [1.807, 2.05) is 6.92 Å². The van der Waals surface area contributed by atoms with Gasteiger partial charge in [-0.15, -0.1) is 0 Å². The van der Waals surface area contributed by atoms with Crippen LogP contribution in [0.25, 0.3) is 0 Å². The summed E-state index contributed by atoms with van der Waals surface area (Å²) >= 11 is 0. The molecule has 7 heteroatoms. The van der Waals surface area contributed by atoms with Crippen LogP contribution in [-0.4, -0.2) is 32.6 Å². The molecule has 0 unspecified atom stereocenters. The zero-order valence-corrected chi connectivity index (χ0v) is 12.2. The van der Waals surface area contributed by atoms with Gasteiger partial charge in [-0.2, -0.15) is 0 Å². The average Bonchev–Trinajstić information content (AvgIpc) is 3.07. The van der Waals surface area contributed by atoms with Crippen LogP contribution in [0.5, 0.6) is 0 Å². The molecule has 1 aromatic rings. The fourth-order valence-electron chi connectivity index (χ4n) is 2.89. The molecular weight excluding hydrogens is 274 g/mol. The van der Waals surface area contributed by atoms with Gasteiger partial charge in [0, 0.05) is 12.6 Å². The quantitative estimate of drug-likeness (QED) is 0.618. The second kappa shape index (κ2) is 6.26. The third kappa shape index (κ3) is 3.24. The van der Waals surface area contributed by atoms with Gasteiger partial charge in [-0.1, -0.05) is 19.8 Å². The summed E-state index contributed by atoms with van der Waals surface area (Å²) in [7, 11) is 0. The lowest BCUT2D eigenvalue weighted by Crippen LogP contribution is -2.49. The largest absolute Gasteiger partial charge is 0.394 e. The van der Waals surface area contributed by atoms with Crippen LogP contribution in [0.3, 0.4) is 0 Å².